The van der Waals surface area contributed by atoms with Gasteiger partial charge < -0.3 is 0 Å². The second-order valence-electron chi connectivity index (χ2n) is 5.69. The highest BCUT2D eigenvalue weighted by Gasteiger charge is 2.25. The van der Waals surface area contributed by atoms with Crippen molar-refractivity contribution in [1.82, 2.24) is 9.79 Å². The van der Waals surface area contributed by atoms with E-state index in [9.17, 15) is 8.42 Å². The fourth-order valence-corrected chi connectivity index (χ4v) is 2.81. The van der Waals surface area contributed by atoms with Crippen molar-refractivity contribution >= 4 is 10.0 Å². The van der Waals surface area contributed by atoms with Gasteiger partial charge in [-0.3, -0.25) is 4.84 Å². The molecule has 5 nitrogen and oxygen atoms in total. The average Bonchev–Trinajstić information content (AvgIpc) is 2.15. The molecule has 0 saturated carbocycles. The van der Waals surface area contributed by atoms with Gasteiger partial charge in [0, 0.05) is 19.6 Å². The van der Waals surface area contributed by atoms with Crippen molar-refractivity contribution in [3.05, 3.63) is 0 Å². The summed E-state index contributed by atoms with van der Waals surface area (Å²) in [4.78, 5) is 5.43. The molecule has 17 heavy (non-hydrogen) atoms. The highest BCUT2D eigenvalue weighted by Crippen LogP contribution is 2.18. The lowest BCUT2D eigenvalue weighted by atomic mass is 10.0. The summed E-state index contributed by atoms with van der Waals surface area (Å²) in [7, 11) is -3.05. The monoisotopic (exact) mass is 264 g/mol. The molecule has 1 aliphatic rings. The van der Waals surface area contributed by atoms with Crippen LogP contribution in [0.25, 0.3) is 0 Å². The number of piperidine rings is 1. The first kappa shape index (κ1) is 14.9. The van der Waals surface area contributed by atoms with Gasteiger partial charge in [0.05, 0.1) is 11.9 Å². The Kier molecular flexibility index (Phi) is 4.95. The Balaban J connectivity index is 2.36. The Morgan fingerprint density at radius 3 is 2.59 bits per heavy atom. The molecular formula is C11H24N2O3S. The van der Waals surface area contributed by atoms with Crippen LogP contribution in [0.4, 0.5) is 0 Å². The van der Waals surface area contributed by atoms with Gasteiger partial charge in [0.2, 0.25) is 10.0 Å². The summed E-state index contributed by atoms with van der Waals surface area (Å²) in [5, 5.41) is 0. The molecule has 0 aliphatic carbocycles. The molecule has 0 aromatic heterocycles. The van der Waals surface area contributed by atoms with E-state index in [4.69, 9.17) is 4.84 Å². The van der Waals surface area contributed by atoms with Crippen molar-refractivity contribution < 1.29 is 13.3 Å². The van der Waals surface area contributed by atoms with E-state index in [2.05, 4.69) is 5.48 Å². The van der Waals surface area contributed by atoms with Crippen LogP contribution in [0.15, 0.2) is 0 Å². The molecule has 1 unspecified atom stereocenters. The summed E-state index contributed by atoms with van der Waals surface area (Å²) >= 11 is 0. The average molecular weight is 264 g/mol. The van der Waals surface area contributed by atoms with E-state index in [0.717, 1.165) is 12.8 Å². The second-order valence-corrected chi connectivity index (χ2v) is 7.67. The van der Waals surface area contributed by atoms with Gasteiger partial charge in [-0.05, 0) is 39.5 Å². The maximum absolute atomic E-state index is 11.4. The first-order chi connectivity index (χ1) is 7.68. The Bertz CT molecular complexity index is 335. The fourth-order valence-electron chi connectivity index (χ4n) is 1.87. The number of rotatable bonds is 4. The maximum atomic E-state index is 11.4. The van der Waals surface area contributed by atoms with Crippen molar-refractivity contribution in [2.75, 3.05) is 25.9 Å². The minimum atomic E-state index is -3.05. The fraction of sp³-hybridized carbons (Fsp3) is 1.00. The minimum absolute atomic E-state index is 0.217. The molecule has 1 heterocycles. The lowest BCUT2D eigenvalue weighted by Crippen LogP contribution is -2.43. The predicted octanol–water partition coefficient (Wildman–Crippen LogP) is 0.978. The first-order valence-electron chi connectivity index (χ1n) is 6.04. The molecule has 0 radical (unpaired) electrons. The van der Waals surface area contributed by atoms with Crippen molar-refractivity contribution in [3.63, 3.8) is 0 Å². The number of hydrogen-bond acceptors (Lipinski definition) is 4. The molecule has 0 amide bonds. The smallest absolute Gasteiger partial charge is 0.211 e. The third kappa shape index (κ3) is 5.81. The lowest BCUT2D eigenvalue weighted by Gasteiger charge is -2.31. The molecule has 0 aromatic carbocycles. The zero-order valence-electron chi connectivity index (χ0n) is 11.2. The molecule has 0 bridgehead atoms. The Morgan fingerprint density at radius 2 is 2.06 bits per heavy atom. The minimum Gasteiger partial charge on any atom is -0.296 e. The van der Waals surface area contributed by atoms with Gasteiger partial charge in [-0.25, -0.2) is 18.2 Å². The molecule has 0 aromatic rings. The van der Waals surface area contributed by atoms with E-state index in [-0.39, 0.29) is 5.60 Å². The number of hydroxylamine groups is 1. The van der Waals surface area contributed by atoms with E-state index in [1.54, 1.807) is 4.31 Å². The zero-order chi connectivity index (χ0) is 13.1. The molecule has 1 N–H and O–H groups in total. The van der Waals surface area contributed by atoms with E-state index in [1.807, 2.05) is 20.8 Å². The van der Waals surface area contributed by atoms with Gasteiger partial charge in [-0.1, -0.05) is 0 Å². The molecule has 1 aliphatic heterocycles. The molecule has 102 valence electrons. The van der Waals surface area contributed by atoms with Crippen LogP contribution in [-0.2, 0) is 14.9 Å². The highest BCUT2D eigenvalue weighted by atomic mass is 32.2. The normalized spacial score (nSPS) is 23.9. The molecule has 1 fully saturated rings. The summed E-state index contributed by atoms with van der Waals surface area (Å²) in [5.41, 5.74) is 2.73. The number of sulfonamides is 1. The SMILES string of the molecule is CC(C)(C)ONCC1CCCN(S(C)(=O)=O)C1. The van der Waals surface area contributed by atoms with Gasteiger partial charge in [0.1, 0.15) is 0 Å². The van der Waals surface area contributed by atoms with Gasteiger partial charge in [0.25, 0.3) is 0 Å². The van der Waals surface area contributed by atoms with Crippen LogP contribution in [0.3, 0.4) is 0 Å². The van der Waals surface area contributed by atoms with Gasteiger partial charge in [-0.15, -0.1) is 0 Å². The van der Waals surface area contributed by atoms with Crippen LogP contribution >= 0.6 is 0 Å². The summed E-state index contributed by atoms with van der Waals surface area (Å²) in [6.45, 7) is 7.87. The van der Waals surface area contributed by atoms with Gasteiger partial charge in [-0.2, -0.15) is 0 Å². The van der Waals surface area contributed by atoms with Crippen LogP contribution in [0.5, 0.6) is 0 Å². The first-order valence-corrected chi connectivity index (χ1v) is 7.89. The van der Waals surface area contributed by atoms with E-state index >= 15 is 0 Å². The van der Waals surface area contributed by atoms with Gasteiger partial charge >= 0.3 is 0 Å². The van der Waals surface area contributed by atoms with Crippen LogP contribution in [-0.4, -0.2) is 44.2 Å². The Hall–Kier alpha value is -0.170. The summed E-state index contributed by atoms with van der Waals surface area (Å²) in [5.74, 6) is 0.334. The van der Waals surface area contributed by atoms with Crippen molar-refractivity contribution in [1.29, 1.82) is 0 Å². The lowest BCUT2D eigenvalue weighted by molar-refractivity contribution is -0.0785. The van der Waals surface area contributed by atoms with Crippen molar-refractivity contribution in [2.24, 2.45) is 5.92 Å². The Labute approximate surface area is 105 Å². The quantitative estimate of drug-likeness (QED) is 0.769. The zero-order valence-corrected chi connectivity index (χ0v) is 12.0. The standard InChI is InChI=1S/C11H24N2O3S/c1-11(2,3)16-12-8-10-6-5-7-13(9-10)17(4,14)15/h10,12H,5-9H2,1-4H3. The van der Waals surface area contributed by atoms with Crippen LogP contribution in [0, 0.1) is 5.92 Å². The van der Waals surface area contributed by atoms with Crippen molar-refractivity contribution in [2.45, 2.75) is 39.2 Å². The molecule has 6 heteroatoms. The largest absolute Gasteiger partial charge is 0.296 e. The second kappa shape index (κ2) is 5.65. The third-order valence-corrected chi connectivity index (χ3v) is 3.97. The summed E-state index contributed by atoms with van der Waals surface area (Å²) < 4.78 is 24.4. The molecule has 0 spiro atoms. The third-order valence-electron chi connectivity index (χ3n) is 2.70. The maximum Gasteiger partial charge on any atom is 0.211 e. The predicted molar refractivity (Wildman–Crippen MR) is 68.0 cm³/mol. The number of nitrogens with zero attached hydrogens (tertiary/aromatic N) is 1. The number of nitrogens with one attached hydrogen (secondary N) is 1. The molecular weight excluding hydrogens is 240 g/mol. The van der Waals surface area contributed by atoms with Crippen LogP contribution in [0.2, 0.25) is 0 Å². The highest BCUT2D eigenvalue weighted by molar-refractivity contribution is 7.88. The topological polar surface area (TPSA) is 58.6 Å². The van der Waals surface area contributed by atoms with Gasteiger partial charge in [0.15, 0.2) is 0 Å². The van der Waals surface area contributed by atoms with E-state index in [1.165, 1.54) is 6.26 Å². The summed E-state index contributed by atoms with van der Waals surface area (Å²) in [6, 6.07) is 0. The summed E-state index contributed by atoms with van der Waals surface area (Å²) in [6.07, 6.45) is 3.25. The Morgan fingerprint density at radius 1 is 1.41 bits per heavy atom. The molecule has 1 saturated heterocycles. The van der Waals surface area contributed by atoms with E-state index < -0.39 is 10.0 Å². The molecule has 1 rings (SSSR count). The van der Waals surface area contributed by atoms with Crippen LogP contribution < -0.4 is 5.48 Å². The van der Waals surface area contributed by atoms with E-state index in [0.29, 0.717) is 25.6 Å². The number of hydrogen-bond donors (Lipinski definition) is 1. The van der Waals surface area contributed by atoms with Crippen molar-refractivity contribution in [3.8, 4) is 0 Å². The molecule has 1 atom stereocenters. The van der Waals surface area contributed by atoms with Crippen LogP contribution in [0.1, 0.15) is 33.6 Å².